The molecule has 0 saturated heterocycles. The fourth-order valence-electron chi connectivity index (χ4n) is 2.80. The monoisotopic (exact) mass is 401 g/mol. The summed E-state index contributed by atoms with van der Waals surface area (Å²) in [6.07, 6.45) is -3.31. The average molecular weight is 401 g/mol. The molecule has 0 aliphatic carbocycles. The van der Waals surface area contributed by atoms with Crippen LogP contribution in [0.5, 0.6) is 0 Å². The summed E-state index contributed by atoms with van der Waals surface area (Å²) < 4.78 is 58.8. The van der Waals surface area contributed by atoms with Crippen molar-refractivity contribution in [2.24, 2.45) is 0 Å². The predicted octanol–water partition coefficient (Wildman–Crippen LogP) is 5.30. The number of carbonyl (C=O) groups excluding carboxylic acids is 1. The van der Waals surface area contributed by atoms with E-state index in [9.17, 15) is 22.4 Å². The molecule has 1 N–H and O–H groups in total. The largest absolute Gasteiger partial charge is 0.435 e. The molecule has 0 aliphatic rings. The van der Waals surface area contributed by atoms with E-state index < -0.39 is 29.0 Å². The van der Waals surface area contributed by atoms with Gasteiger partial charge in [-0.05, 0) is 42.5 Å². The van der Waals surface area contributed by atoms with E-state index in [1.807, 2.05) is 0 Å². The minimum Gasteiger partial charge on any atom is -0.435 e. The van der Waals surface area contributed by atoms with Gasteiger partial charge in [-0.2, -0.15) is 13.2 Å². The highest BCUT2D eigenvalue weighted by Crippen LogP contribution is 2.38. The average Bonchev–Trinajstić information content (AvgIpc) is 3.12. The van der Waals surface area contributed by atoms with Crippen LogP contribution in [-0.4, -0.2) is 15.9 Å². The van der Waals surface area contributed by atoms with Crippen LogP contribution < -0.4 is 5.32 Å². The fraction of sp³-hybridized carbons (Fsp3) is 0.0500. The Morgan fingerprint density at radius 2 is 1.86 bits per heavy atom. The van der Waals surface area contributed by atoms with E-state index in [0.717, 1.165) is 12.1 Å². The van der Waals surface area contributed by atoms with Gasteiger partial charge in [0, 0.05) is 11.8 Å². The van der Waals surface area contributed by atoms with Crippen LogP contribution >= 0.6 is 0 Å². The Balaban J connectivity index is 1.79. The van der Waals surface area contributed by atoms with Crippen molar-refractivity contribution in [1.82, 2.24) is 9.97 Å². The molecule has 0 spiro atoms. The Morgan fingerprint density at radius 3 is 2.59 bits per heavy atom. The van der Waals surface area contributed by atoms with Crippen LogP contribution in [0.15, 0.2) is 65.2 Å². The minimum absolute atomic E-state index is 0.00776. The highest BCUT2D eigenvalue weighted by molar-refractivity contribution is 6.10. The molecule has 0 saturated carbocycles. The summed E-state index contributed by atoms with van der Waals surface area (Å²) in [4.78, 5) is 20.6. The number of benzene rings is 2. The number of hydrogen-bond donors (Lipinski definition) is 1. The molecule has 0 fully saturated rings. The quantitative estimate of drug-likeness (QED) is 0.473. The highest BCUT2D eigenvalue weighted by atomic mass is 19.4. The molecular formula is C20H11F4N3O2. The number of hydrogen-bond acceptors (Lipinski definition) is 4. The van der Waals surface area contributed by atoms with Gasteiger partial charge in [0.1, 0.15) is 17.2 Å². The topological polar surface area (TPSA) is 68.0 Å². The van der Waals surface area contributed by atoms with Crippen LogP contribution in [0, 0.1) is 5.82 Å². The summed E-state index contributed by atoms with van der Waals surface area (Å²) in [6, 6.07) is 11.6. The second-order valence-corrected chi connectivity index (χ2v) is 6.03. The van der Waals surface area contributed by atoms with Gasteiger partial charge in [0.2, 0.25) is 5.89 Å². The summed E-state index contributed by atoms with van der Waals surface area (Å²) in [7, 11) is 0. The number of nitrogens with one attached hydrogen (secondary N) is 1. The molecule has 0 radical (unpaired) electrons. The lowest BCUT2D eigenvalue weighted by molar-refractivity contribution is -0.137. The molecule has 2 aromatic heterocycles. The van der Waals surface area contributed by atoms with Gasteiger partial charge in [0.05, 0.1) is 11.1 Å². The number of para-hydroxylation sites is 1. The fourth-order valence-corrected chi connectivity index (χ4v) is 2.80. The first-order valence-electron chi connectivity index (χ1n) is 8.32. The van der Waals surface area contributed by atoms with Crippen LogP contribution in [0.3, 0.4) is 0 Å². The van der Waals surface area contributed by atoms with Gasteiger partial charge in [-0.25, -0.2) is 14.4 Å². The molecule has 5 nitrogen and oxygen atoms in total. The van der Waals surface area contributed by atoms with Crippen molar-refractivity contribution in [3.8, 4) is 11.5 Å². The number of oxazole rings is 1. The van der Waals surface area contributed by atoms with E-state index in [1.165, 1.54) is 24.4 Å². The van der Waals surface area contributed by atoms with Crippen molar-refractivity contribution in [3.05, 3.63) is 77.7 Å². The maximum atomic E-state index is 13.4. The molecule has 0 bridgehead atoms. The van der Waals surface area contributed by atoms with E-state index in [0.29, 0.717) is 11.9 Å². The number of pyridine rings is 1. The number of amides is 1. The number of alkyl halides is 3. The summed E-state index contributed by atoms with van der Waals surface area (Å²) in [5.74, 6) is -1.67. The zero-order valence-electron chi connectivity index (χ0n) is 14.5. The summed E-state index contributed by atoms with van der Waals surface area (Å²) >= 11 is 0. The van der Waals surface area contributed by atoms with Crippen molar-refractivity contribution < 1.29 is 26.8 Å². The van der Waals surface area contributed by atoms with Crippen LogP contribution in [0.2, 0.25) is 0 Å². The van der Waals surface area contributed by atoms with Crippen molar-refractivity contribution in [2.45, 2.75) is 6.18 Å². The third-order valence-corrected chi connectivity index (χ3v) is 4.08. The first-order chi connectivity index (χ1) is 13.8. The molecule has 2 aromatic carbocycles. The van der Waals surface area contributed by atoms with E-state index in [-0.39, 0.29) is 22.6 Å². The van der Waals surface area contributed by atoms with Gasteiger partial charge in [0.15, 0.2) is 5.58 Å². The van der Waals surface area contributed by atoms with Gasteiger partial charge < -0.3 is 9.73 Å². The van der Waals surface area contributed by atoms with Crippen molar-refractivity contribution in [3.63, 3.8) is 0 Å². The summed E-state index contributed by atoms with van der Waals surface area (Å²) in [6.45, 7) is 0. The third kappa shape index (κ3) is 3.66. The Morgan fingerprint density at radius 1 is 1.03 bits per heavy atom. The lowest BCUT2D eigenvalue weighted by Gasteiger charge is -2.10. The number of carbonyl (C=O) groups is 1. The van der Waals surface area contributed by atoms with Crippen LogP contribution in [0.4, 0.5) is 23.4 Å². The Kier molecular flexibility index (Phi) is 4.50. The summed E-state index contributed by atoms with van der Waals surface area (Å²) in [5.41, 5.74) is -1.38. The second-order valence-electron chi connectivity index (χ2n) is 6.03. The number of aromatic nitrogens is 2. The van der Waals surface area contributed by atoms with Crippen molar-refractivity contribution in [1.29, 1.82) is 0 Å². The number of fused-ring (bicyclic) bond motifs is 1. The molecule has 9 heteroatoms. The smallest absolute Gasteiger partial charge is 0.417 e. The minimum atomic E-state index is -4.81. The normalized spacial score (nSPS) is 11.6. The van der Waals surface area contributed by atoms with E-state index in [1.54, 1.807) is 18.2 Å². The van der Waals surface area contributed by atoms with Crippen LogP contribution in [0.25, 0.3) is 22.6 Å². The van der Waals surface area contributed by atoms with E-state index in [4.69, 9.17) is 4.42 Å². The van der Waals surface area contributed by atoms with E-state index in [2.05, 4.69) is 15.3 Å². The number of rotatable bonds is 3. The Labute approximate surface area is 161 Å². The Hall–Kier alpha value is -3.75. The molecule has 4 aromatic rings. The van der Waals surface area contributed by atoms with Crippen molar-refractivity contribution >= 4 is 22.8 Å². The van der Waals surface area contributed by atoms with Crippen LogP contribution in [0.1, 0.15) is 15.9 Å². The number of nitrogens with zero attached hydrogens (tertiary/aromatic N) is 2. The van der Waals surface area contributed by atoms with Gasteiger partial charge in [-0.15, -0.1) is 0 Å². The van der Waals surface area contributed by atoms with Gasteiger partial charge >= 0.3 is 6.18 Å². The number of anilines is 1. The highest BCUT2D eigenvalue weighted by Gasteiger charge is 2.35. The number of halogens is 4. The SMILES string of the molecule is O=C(Nc1ccccn1)c1cccc2nc(-c3ccc(F)cc3C(F)(F)F)oc12. The second kappa shape index (κ2) is 7.01. The first-order valence-corrected chi connectivity index (χ1v) is 8.32. The Bertz CT molecular complexity index is 1200. The van der Waals surface area contributed by atoms with Crippen LogP contribution in [-0.2, 0) is 6.18 Å². The van der Waals surface area contributed by atoms with Gasteiger partial charge in [-0.3, -0.25) is 4.79 Å². The molecule has 29 heavy (non-hydrogen) atoms. The lowest BCUT2D eigenvalue weighted by Crippen LogP contribution is -2.12. The molecular weight excluding hydrogens is 390 g/mol. The van der Waals surface area contributed by atoms with Crippen molar-refractivity contribution in [2.75, 3.05) is 5.32 Å². The molecule has 0 unspecified atom stereocenters. The van der Waals surface area contributed by atoms with E-state index >= 15 is 0 Å². The third-order valence-electron chi connectivity index (χ3n) is 4.08. The zero-order valence-corrected chi connectivity index (χ0v) is 14.5. The molecule has 4 rings (SSSR count). The predicted molar refractivity (Wildman–Crippen MR) is 96.6 cm³/mol. The zero-order chi connectivity index (χ0) is 20.6. The molecule has 0 aliphatic heterocycles. The molecule has 0 atom stereocenters. The lowest BCUT2D eigenvalue weighted by atomic mass is 10.1. The standard InChI is InChI=1S/C20H11F4N3O2/c21-11-7-8-12(14(10-11)20(22,23)24)19-26-15-5-3-4-13(17(15)29-19)18(28)27-16-6-1-2-9-25-16/h1-10H,(H,25,27,28). The maximum absolute atomic E-state index is 13.4. The van der Waals surface area contributed by atoms with Gasteiger partial charge in [0.25, 0.3) is 5.91 Å². The molecule has 146 valence electrons. The van der Waals surface area contributed by atoms with Gasteiger partial charge in [-0.1, -0.05) is 12.1 Å². The maximum Gasteiger partial charge on any atom is 0.417 e. The molecule has 2 heterocycles. The molecule has 1 amide bonds. The summed E-state index contributed by atoms with van der Waals surface area (Å²) in [5, 5.41) is 2.58. The first kappa shape index (κ1) is 18.6.